The maximum absolute atomic E-state index is 12.3. The van der Waals surface area contributed by atoms with Crippen molar-refractivity contribution in [2.24, 2.45) is 0 Å². The van der Waals surface area contributed by atoms with Crippen molar-refractivity contribution in [3.8, 4) is 5.75 Å². The number of rotatable bonds is 6. The monoisotopic (exact) mass is 415 g/mol. The summed E-state index contributed by atoms with van der Waals surface area (Å²) in [5, 5.41) is 8.33. The van der Waals surface area contributed by atoms with Crippen LogP contribution in [0.5, 0.6) is 5.75 Å². The normalized spacial score (nSPS) is 10.4. The van der Waals surface area contributed by atoms with E-state index in [1.54, 1.807) is 55.0 Å². The van der Waals surface area contributed by atoms with E-state index in [-0.39, 0.29) is 18.2 Å². The van der Waals surface area contributed by atoms with E-state index >= 15 is 0 Å². The molecule has 3 rings (SSSR count). The van der Waals surface area contributed by atoms with Gasteiger partial charge < -0.3 is 10.1 Å². The third-order valence-electron chi connectivity index (χ3n) is 4.01. The van der Waals surface area contributed by atoms with Gasteiger partial charge in [-0.05, 0) is 48.9 Å². The van der Waals surface area contributed by atoms with Gasteiger partial charge in [-0.1, -0.05) is 17.7 Å². The summed E-state index contributed by atoms with van der Waals surface area (Å²) in [5.41, 5.74) is 2.54. The second-order valence-corrected chi connectivity index (χ2v) is 7.23. The van der Waals surface area contributed by atoms with Crippen LogP contribution >= 0.6 is 22.9 Å². The highest BCUT2D eigenvalue weighted by Crippen LogP contribution is 2.23. The van der Waals surface area contributed by atoms with Crippen LogP contribution in [0.1, 0.15) is 21.6 Å². The number of carbonyl (C=O) groups is 2. The first kappa shape index (κ1) is 19.9. The zero-order chi connectivity index (χ0) is 20.1. The number of hydrogen-bond donors (Lipinski definition) is 2. The van der Waals surface area contributed by atoms with Crippen molar-refractivity contribution in [2.75, 3.05) is 17.7 Å². The minimum atomic E-state index is -0.275. The Morgan fingerprint density at radius 2 is 1.89 bits per heavy atom. The first-order chi connectivity index (χ1) is 13.5. The third-order valence-corrected chi connectivity index (χ3v) is 5.22. The molecule has 2 aromatic carbocycles. The standard InChI is InChI=1S/C20H18ClN3O3S/c1-12-16(21)4-3-5-17(12)23-18(25)10-14-11-28-20(22-14)24-19(26)13-6-8-15(27-2)9-7-13/h3-9,11H,10H2,1-2H3,(H,23,25)(H,22,24,26). The van der Waals surface area contributed by atoms with Crippen molar-refractivity contribution < 1.29 is 14.3 Å². The van der Waals surface area contributed by atoms with Gasteiger partial charge in [-0.3, -0.25) is 14.9 Å². The Balaban J connectivity index is 1.59. The fourth-order valence-electron chi connectivity index (χ4n) is 2.46. The van der Waals surface area contributed by atoms with Crippen molar-refractivity contribution in [2.45, 2.75) is 13.3 Å². The highest BCUT2D eigenvalue weighted by atomic mass is 35.5. The summed E-state index contributed by atoms with van der Waals surface area (Å²) in [7, 11) is 1.57. The molecule has 0 saturated heterocycles. The van der Waals surface area contributed by atoms with Crippen LogP contribution in [0.4, 0.5) is 10.8 Å². The smallest absolute Gasteiger partial charge is 0.257 e. The molecule has 2 amide bonds. The van der Waals surface area contributed by atoms with Crippen molar-refractivity contribution in [1.82, 2.24) is 4.98 Å². The fourth-order valence-corrected chi connectivity index (χ4v) is 3.34. The van der Waals surface area contributed by atoms with Gasteiger partial charge in [0.25, 0.3) is 5.91 Å². The number of halogens is 1. The quantitative estimate of drug-likeness (QED) is 0.619. The van der Waals surface area contributed by atoms with E-state index in [2.05, 4.69) is 15.6 Å². The predicted molar refractivity (Wildman–Crippen MR) is 112 cm³/mol. The minimum absolute atomic E-state index is 0.0981. The second kappa shape index (κ2) is 8.86. The van der Waals surface area contributed by atoms with Gasteiger partial charge in [-0.25, -0.2) is 4.98 Å². The van der Waals surface area contributed by atoms with Crippen molar-refractivity contribution in [3.63, 3.8) is 0 Å². The summed E-state index contributed by atoms with van der Waals surface area (Å²) in [4.78, 5) is 28.9. The highest BCUT2D eigenvalue weighted by molar-refractivity contribution is 7.14. The third kappa shape index (κ3) is 4.88. The fraction of sp³-hybridized carbons (Fsp3) is 0.150. The van der Waals surface area contributed by atoms with Crippen LogP contribution in [0.3, 0.4) is 0 Å². The van der Waals surface area contributed by atoms with E-state index in [0.29, 0.717) is 32.8 Å². The molecule has 1 heterocycles. The summed E-state index contributed by atoms with van der Waals surface area (Å²) < 4.78 is 5.08. The Morgan fingerprint density at radius 1 is 1.14 bits per heavy atom. The zero-order valence-electron chi connectivity index (χ0n) is 15.3. The molecule has 0 spiro atoms. The van der Waals surface area contributed by atoms with Gasteiger partial charge in [0.2, 0.25) is 5.91 Å². The molecule has 1 aromatic heterocycles. The van der Waals surface area contributed by atoms with Crippen LogP contribution in [0.2, 0.25) is 5.02 Å². The van der Waals surface area contributed by atoms with E-state index in [1.807, 2.05) is 6.92 Å². The molecule has 2 N–H and O–H groups in total. The molecule has 0 aliphatic rings. The average molecular weight is 416 g/mol. The average Bonchev–Trinajstić information content (AvgIpc) is 3.12. The van der Waals surface area contributed by atoms with Gasteiger partial charge in [-0.2, -0.15) is 0 Å². The first-order valence-electron chi connectivity index (χ1n) is 8.41. The van der Waals surface area contributed by atoms with Crippen LogP contribution in [-0.2, 0) is 11.2 Å². The molecule has 8 heteroatoms. The number of nitrogens with one attached hydrogen (secondary N) is 2. The number of anilines is 2. The lowest BCUT2D eigenvalue weighted by Gasteiger charge is -2.08. The number of thiazole rings is 1. The van der Waals surface area contributed by atoms with E-state index < -0.39 is 0 Å². The summed E-state index contributed by atoms with van der Waals surface area (Å²) in [5.74, 6) is 0.195. The lowest BCUT2D eigenvalue weighted by Crippen LogP contribution is -2.16. The van der Waals surface area contributed by atoms with Crippen LogP contribution < -0.4 is 15.4 Å². The summed E-state index contributed by atoms with van der Waals surface area (Å²) >= 11 is 7.33. The lowest BCUT2D eigenvalue weighted by atomic mass is 10.2. The lowest BCUT2D eigenvalue weighted by molar-refractivity contribution is -0.115. The van der Waals surface area contributed by atoms with E-state index in [9.17, 15) is 9.59 Å². The molecule has 0 atom stereocenters. The molecule has 6 nitrogen and oxygen atoms in total. The number of amides is 2. The summed E-state index contributed by atoms with van der Waals surface area (Å²) in [6.07, 6.45) is 0.0981. The molecule has 28 heavy (non-hydrogen) atoms. The molecule has 0 unspecified atom stereocenters. The maximum Gasteiger partial charge on any atom is 0.257 e. The maximum atomic E-state index is 12.3. The molecule has 0 saturated carbocycles. The molecule has 0 radical (unpaired) electrons. The van der Waals surface area contributed by atoms with Crippen LogP contribution in [0, 0.1) is 6.92 Å². The summed E-state index contributed by atoms with van der Waals surface area (Å²) in [6.45, 7) is 1.84. The van der Waals surface area contributed by atoms with Crippen molar-refractivity contribution in [1.29, 1.82) is 0 Å². The summed E-state index contributed by atoms with van der Waals surface area (Å²) in [6, 6.07) is 12.1. The number of methoxy groups -OCH3 is 1. The van der Waals surface area contributed by atoms with E-state index in [0.717, 1.165) is 5.56 Å². The van der Waals surface area contributed by atoms with E-state index in [4.69, 9.17) is 16.3 Å². The van der Waals surface area contributed by atoms with Crippen LogP contribution in [0.15, 0.2) is 47.8 Å². The molecule has 0 fully saturated rings. The van der Waals surface area contributed by atoms with Crippen molar-refractivity contribution in [3.05, 3.63) is 69.7 Å². The molecule has 0 aliphatic heterocycles. The minimum Gasteiger partial charge on any atom is -0.497 e. The Morgan fingerprint density at radius 3 is 2.61 bits per heavy atom. The number of benzene rings is 2. The Kier molecular flexibility index (Phi) is 6.28. The first-order valence-corrected chi connectivity index (χ1v) is 9.67. The Bertz CT molecular complexity index is 1000. The topological polar surface area (TPSA) is 80.3 Å². The number of aromatic nitrogens is 1. The number of ether oxygens (including phenoxy) is 1. The molecule has 0 aliphatic carbocycles. The Labute approximate surface area is 171 Å². The molecular formula is C20H18ClN3O3S. The number of hydrogen-bond acceptors (Lipinski definition) is 5. The van der Waals surface area contributed by atoms with Gasteiger partial charge in [0.05, 0.1) is 19.2 Å². The van der Waals surface area contributed by atoms with Gasteiger partial charge in [0, 0.05) is 21.7 Å². The molecular weight excluding hydrogens is 398 g/mol. The van der Waals surface area contributed by atoms with Gasteiger partial charge in [0.1, 0.15) is 5.75 Å². The predicted octanol–water partition coefficient (Wildman–Crippen LogP) is 4.55. The molecule has 0 bridgehead atoms. The largest absolute Gasteiger partial charge is 0.497 e. The molecule has 144 valence electrons. The van der Waals surface area contributed by atoms with Crippen LogP contribution in [0.25, 0.3) is 0 Å². The molecule has 3 aromatic rings. The zero-order valence-corrected chi connectivity index (χ0v) is 16.9. The van der Waals surface area contributed by atoms with Crippen LogP contribution in [-0.4, -0.2) is 23.9 Å². The Hall–Kier alpha value is -2.90. The van der Waals surface area contributed by atoms with Gasteiger partial charge in [-0.15, -0.1) is 11.3 Å². The highest BCUT2D eigenvalue weighted by Gasteiger charge is 2.12. The van der Waals surface area contributed by atoms with Gasteiger partial charge in [0.15, 0.2) is 5.13 Å². The van der Waals surface area contributed by atoms with E-state index in [1.165, 1.54) is 11.3 Å². The van der Waals surface area contributed by atoms with Crippen molar-refractivity contribution >= 4 is 45.6 Å². The number of carbonyl (C=O) groups excluding carboxylic acids is 2. The number of nitrogens with zero attached hydrogens (tertiary/aromatic N) is 1. The SMILES string of the molecule is COc1ccc(C(=O)Nc2nc(CC(=O)Nc3cccc(Cl)c3C)cs2)cc1. The van der Waals surface area contributed by atoms with Gasteiger partial charge >= 0.3 is 0 Å². The second-order valence-electron chi connectivity index (χ2n) is 5.96.